The summed E-state index contributed by atoms with van der Waals surface area (Å²) in [6, 6.07) is 0. The molecule has 0 aromatic carbocycles. The normalized spacial score (nSPS) is 28.2. The number of imidazole rings is 3. The number of nitrogens with zero attached hydrogens (tertiary/aromatic N) is 10. The molecule has 16 N–H and O–H groups in total. The van der Waals surface area contributed by atoms with Crippen LogP contribution in [0.4, 0.5) is 17.8 Å². The van der Waals surface area contributed by atoms with Crippen molar-refractivity contribution in [1.29, 1.82) is 0 Å². The van der Waals surface area contributed by atoms with Gasteiger partial charge >= 0.3 is 37.0 Å². The van der Waals surface area contributed by atoms with Crippen molar-refractivity contribution >= 4 is 82.6 Å². The molecule has 0 bridgehead atoms. The first-order valence-corrected chi connectivity index (χ1v) is 31.4. The van der Waals surface area contributed by atoms with Gasteiger partial charge in [0, 0.05) is 37.4 Å². The van der Waals surface area contributed by atoms with Gasteiger partial charge < -0.3 is 65.7 Å². The minimum absolute atomic E-state index is 0.0196. The van der Waals surface area contributed by atoms with E-state index in [1.807, 2.05) is 0 Å². The lowest BCUT2D eigenvalue weighted by Crippen LogP contribution is -2.33. The predicted molar refractivity (Wildman–Crippen MR) is 284 cm³/mol. The Morgan fingerprint density at radius 2 is 0.828 bits per heavy atom. The summed E-state index contributed by atoms with van der Waals surface area (Å²) in [5.74, 6) is -0.921. The number of phosphoric acid groups is 4. The number of nitrogens with one attached hydrogen (secondary N) is 4. The highest BCUT2D eigenvalue weighted by molar-refractivity contribution is 7.48. The lowest BCUT2D eigenvalue weighted by molar-refractivity contribution is -0.0626. The number of anilines is 3. The Kier molecular flexibility index (Phi) is 16.9. The van der Waals surface area contributed by atoms with Gasteiger partial charge in [-0.1, -0.05) is 0 Å². The maximum absolute atomic E-state index is 14.1. The van der Waals surface area contributed by atoms with Crippen molar-refractivity contribution in [1.82, 2.24) is 68.1 Å². The van der Waals surface area contributed by atoms with Crippen molar-refractivity contribution < 1.29 is 98.4 Å². The number of nitrogens with two attached hydrogens (primary N) is 3. The summed E-state index contributed by atoms with van der Waals surface area (Å²) in [7, 11) is -21.5. The number of rotatable bonds is 22. The number of aliphatic hydroxyl groups is 1. The zero-order valence-electron chi connectivity index (χ0n) is 44.2. The van der Waals surface area contributed by atoms with Crippen LogP contribution in [0.5, 0.6) is 0 Å². The van der Waals surface area contributed by atoms with E-state index in [1.165, 1.54) is 27.0 Å². The number of aromatic nitrogens is 14. The van der Waals surface area contributed by atoms with Gasteiger partial charge in [-0.15, -0.1) is 0 Å². The number of hydrogen-bond donors (Lipinski definition) is 13. The summed E-state index contributed by atoms with van der Waals surface area (Å²) in [5, 5.41) is 10.2. The largest absolute Gasteiger partial charge is 0.472 e. The van der Waals surface area contributed by atoms with Crippen molar-refractivity contribution in [2.45, 2.75) is 106 Å². The van der Waals surface area contributed by atoms with Crippen LogP contribution < -0.4 is 45.1 Å². The zero-order chi connectivity index (χ0) is 62.2. The average Bonchev–Trinajstić information content (AvgIpc) is 1.79. The minimum atomic E-state index is -5.50. The number of phosphoric ester groups is 4. The molecule has 43 nitrogen and oxygen atoms in total. The predicted octanol–water partition coefficient (Wildman–Crippen LogP) is -2.88. The second-order valence-electron chi connectivity index (χ2n) is 19.8. The van der Waals surface area contributed by atoms with E-state index in [0.29, 0.717) is 0 Å². The summed E-state index contributed by atoms with van der Waals surface area (Å²) < 4.78 is 119. The molecule has 15 atom stereocenters. The monoisotopic (exact) mass is 1310 g/mol. The quantitative estimate of drug-likeness (QED) is 0.0303. The van der Waals surface area contributed by atoms with Gasteiger partial charge in [-0.25, -0.2) is 38.0 Å². The first-order chi connectivity index (χ1) is 41.0. The molecule has 7 aromatic rings. The second-order valence-corrected chi connectivity index (χ2v) is 25.2. The van der Waals surface area contributed by atoms with E-state index in [9.17, 15) is 71.8 Å². The average molecular weight is 1310 g/mol. The van der Waals surface area contributed by atoms with Crippen molar-refractivity contribution in [3.8, 4) is 0 Å². The topological polar surface area (TPSA) is 615 Å². The van der Waals surface area contributed by atoms with Gasteiger partial charge in [0.05, 0.1) is 45.4 Å². The SMILES string of the molecule is Cc1cn([C@H]2C[C@H](OP(=O)(O)OC[C@H]3O[C@@H](n4cnc5c(=O)[nH]c(N)nc54)C[C@@H]3OP(=O)(O)OC[C@H]3O[C@@H](n4cnc5c(=O)[nH]c(N)nc54)C[C@@H]3OP(=O)(O)O)[C@@H](COP(=O)(O)O[C@H]3C[C@H](n4cnc5c(=O)[nH]c(N)nc54)O[C@@H]3CO)O2)c(=O)[nH]c1=O. The number of aryl methyl sites for hydroxylation is 1. The van der Waals surface area contributed by atoms with Crippen LogP contribution in [0.2, 0.25) is 0 Å². The van der Waals surface area contributed by atoms with Crippen LogP contribution in [0, 0.1) is 6.92 Å². The molecule has 4 aliphatic heterocycles. The highest BCUT2D eigenvalue weighted by atomic mass is 31.2. The molecular formula is C40H51N17O26P4. The Morgan fingerprint density at radius 1 is 0.506 bits per heavy atom. The third-order valence-corrected chi connectivity index (χ3v) is 17.5. The molecule has 7 aromatic heterocycles. The maximum atomic E-state index is 14.1. The van der Waals surface area contributed by atoms with Gasteiger partial charge in [0.25, 0.3) is 22.2 Å². The molecule has 472 valence electrons. The van der Waals surface area contributed by atoms with E-state index in [1.54, 1.807) is 0 Å². The molecule has 47 heteroatoms. The Balaban J connectivity index is 0.798. The summed E-state index contributed by atoms with van der Waals surface area (Å²) >= 11 is 0. The number of aliphatic hydroxyl groups excluding tert-OH is 1. The van der Waals surface area contributed by atoms with Crippen LogP contribution in [0.25, 0.3) is 33.5 Å². The molecule has 0 aliphatic carbocycles. The number of H-pyrrole nitrogens is 4. The van der Waals surface area contributed by atoms with Crippen molar-refractivity contribution in [3.63, 3.8) is 0 Å². The maximum Gasteiger partial charge on any atom is 0.472 e. The standard InChI is InChI=1S/C40H51N17O26P4/c1-14-6-54(40(63)53-33(14)59)23-4-17(21(77-23)9-74-85(67,68)81-15-2-24(76-19(15)7-58)55-11-44-27-30(55)47-37(41)50-34(27)60)82-87(71,72)75-10-22-18(5-26(79-22)57-13-46-29-32(57)49-39(43)52-36(29)62)83-86(69,70)73-8-20-16(80-84(64,65)66)3-25(78-20)56-12-45-28-31(56)48-38(42)51-35(28)61/h6,11-13,15-26,58H,2-5,7-10H2,1H3,(H,67,68)(H,69,70)(H,71,72)(H,53,59,63)(H2,64,65,66)(H3,41,47,50,60)(H3,42,48,51,61)(H3,43,49,52,62)/t15-,16-,17-,18-,19+,20+,21+,22+,23+,24+,25+,26+/m0/s1. The van der Waals surface area contributed by atoms with Gasteiger partial charge in [0.15, 0.2) is 33.5 Å². The molecule has 11 heterocycles. The highest BCUT2D eigenvalue weighted by Gasteiger charge is 2.49. The van der Waals surface area contributed by atoms with E-state index in [0.717, 1.165) is 23.4 Å². The van der Waals surface area contributed by atoms with Crippen LogP contribution in [-0.4, -0.2) is 173 Å². The molecular weight excluding hydrogens is 1260 g/mol. The smallest absolute Gasteiger partial charge is 0.394 e. The molecule has 4 aliphatic rings. The van der Waals surface area contributed by atoms with Gasteiger partial charge in [-0.05, 0) is 6.92 Å². The van der Waals surface area contributed by atoms with Crippen LogP contribution in [0.3, 0.4) is 0 Å². The number of ether oxygens (including phenoxy) is 4. The fourth-order valence-corrected chi connectivity index (χ4v) is 13.5. The first-order valence-electron chi connectivity index (χ1n) is 25.4. The van der Waals surface area contributed by atoms with E-state index >= 15 is 0 Å². The molecule has 0 amide bonds. The fraction of sp³-hybridized carbons (Fsp3) is 0.525. The Hall–Kier alpha value is -6.63. The molecule has 4 saturated heterocycles. The summed E-state index contributed by atoms with van der Waals surface area (Å²) in [4.78, 5) is 149. The molecule has 0 saturated carbocycles. The van der Waals surface area contributed by atoms with Gasteiger partial charge in [0.2, 0.25) is 17.8 Å². The third kappa shape index (κ3) is 13.4. The number of aromatic amines is 4. The Bertz CT molecular complexity index is 4290. The van der Waals surface area contributed by atoms with E-state index in [-0.39, 0.29) is 69.7 Å². The van der Waals surface area contributed by atoms with Crippen LogP contribution in [-0.2, 0) is 68.9 Å². The molecule has 0 radical (unpaired) electrons. The minimum Gasteiger partial charge on any atom is -0.394 e. The van der Waals surface area contributed by atoms with Crippen LogP contribution >= 0.6 is 31.3 Å². The molecule has 11 rings (SSSR count). The number of nitrogen functional groups attached to an aromatic ring is 3. The number of hydrogen-bond acceptors (Lipinski definition) is 30. The highest BCUT2D eigenvalue weighted by Crippen LogP contribution is 2.54. The van der Waals surface area contributed by atoms with E-state index in [4.69, 9.17) is 67.8 Å². The van der Waals surface area contributed by atoms with Crippen LogP contribution in [0.15, 0.2) is 49.2 Å². The molecule has 87 heavy (non-hydrogen) atoms. The van der Waals surface area contributed by atoms with Gasteiger partial charge in [-0.3, -0.25) is 89.0 Å². The van der Waals surface area contributed by atoms with E-state index < -0.39 is 172 Å². The van der Waals surface area contributed by atoms with E-state index in [2.05, 4.69) is 49.8 Å². The number of fused-ring (bicyclic) bond motifs is 3. The van der Waals surface area contributed by atoms with Crippen molar-refractivity contribution in [2.75, 3.05) is 43.6 Å². The summed E-state index contributed by atoms with van der Waals surface area (Å²) in [6.07, 6.45) is -14.7. The van der Waals surface area contributed by atoms with Gasteiger partial charge in [-0.2, -0.15) is 15.0 Å². The third-order valence-electron chi connectivity index (χ3n) is 13.9. The van der Waals surface area contributed by atoms with Gasteiger partial charge in [0.1, 0.15) is 73.7 Å². The molecule has 0 spiro atoms. The molecule has 4 fully saturated rings. The zero-order valence-corrected chi connectivity index (χ0v) is 47.8. The first kappa shape index (κ1) is 62.0. The lowest BCUT2D eigenvalue weighted by Gasteiger charge is -2.25. The second kappa shape index (κ2) is 23.7. The fourth-order valence-electron chi connectivity index (χ4n) is 10.1. The Morgan fingerprint density at radius 3 is 1.17 bits per heavy atom. The summed E-state index contributed by atoms with van der Waals surface area (Å²) in [6.45, 7) is -2.42. The lowest BCUT2D eigenvalue weighted by atomic mass is 10.2. The van der Waals surface area contributed by atoms with Crippen molar-refractivity contribution in [3.05, 3.63) is 82.6 Å². The van der Waals surface area contributed by atoms with Crippen molar-refractivity contribution in [2.24, 2.45) is 0 Å². The molecule has 3 unspecified atom stereocenters. The Labute approximate surface area is 480 Å². The summed E-state index contributed by atoms with van der Waals surface area (Å²) in [5.41, 5.74) is 12.5. The van der Waals surface area contributed by atoms with Crippen LogP contribution in [0.1, 0.15) is 56.2 Å².